The van der Waals surface area contributed by atoms with Crippen LogP contribution in [0.25, 0.3) is 0 Å². The summed E-state index contributed by atoms with van der Waals surface area (Å²) in [6.45, 7) is 0.823. The highest BCUT2D eigenvalue weighted by Crippen LogP contribution is 2.35. The number of benzene rings is 3. The first-order chi connectivity index (χ1) is 12.3. The van der Waals surface area contributed by atoms with Crippen LogP contribution in [0.3, 0.4) is 0 Å². The molecule has 3 rings (SSSR count). The fourth-order valence-electron chi connectivity index (χ4n) is 2.39. The van der Waals surface area contributed by atoms with E-state index in [2.05, 4.69) is 15.9 Å². The van der Waals surface area contributed by atoms with Crippen LogP contribution in [-0.2, 0) is 19.8 Å². The van der Waals surface area contributed by atoms with Gasteiger partial charge in [0, 0.05) is 4.47 Å². The van der Waals surface area contributed by atoms with Gasteiger partial charge in [0.05, 0.1) is 6.61 Å². The van der Waals surface area contributed by atoms with Crippen LogP contribution in [0.15, 0.2) is 77.3 Å². The molecule has 0 radical (unpaired) electrons. The van der Waals surface area contributed by atoms with Gasteiger partial charge in [0.25, 0.3) is 0 Å². The zero-order chi connectivity index (χ0) is 17.5. The van der Waals surface area contributed by atoms with E-state index in [0.29, 0.717) is 24.7 Å². The van der Waals surface area contributed by atoms with Crippen molar-refractivity contribution < 1.29 is 14.6 Å². The lowest BCUT2D eigenvalue weighted by molar-refractivity contribution is 0.252. The first kappa shape index (κ1) is 17.5. The van der Waals surface area contributed by atoms with Crippen molar-refractivity contribution >= 4 is 15.9 Å². The molecule has 3 aromatic carbocycles. The molecule has 0 bridgehead atoms. The molecule has 3 nitrogen and oxygen atoms in total. The second-order valence-electron chi connectivity index (χ2n) is 5.60. The minimum atomic E-state index is -0.0682. The van der Waals surface area contributed by atoms with Gasteiger partial charge in [-0.15, -0.1) is 0 Å². The molecule has 0 aliphatic rings. The van der Waals surface area contributed by atoms with Crippen LogP contribution < -0.4 is 9.47 Å². The van der Waals surface area contributed by atoms with Crippen LogP contribution in [0.4, 0.5) is 0 Å². The number of aliphatic hydroxyl groups is 1. The Bertz CT molecular complexity index is 804. The van der Waals surface area contributed by atoms with E-state index in [9.17, 15) is 5.11 Å². The number of ether oxygens (including phenoxy) is 2. The molecule has 0 amide bonds. The molecule has 0 aromatic heterocycles. The number of halogens is 1. The summed E-state index contributed by atoms with van der Waals surface area (Å²) in [6.07, 6.45) is 0. The van der Waals surface area contributed by atoms with Crippen LogP contribution in [-0.4, -0.2) is 5.11 Å². The Balaban J connectivity index is 1.78. The number of rotatable bonds is 7. The van der Waals surface area contributed by atoms with Gasteiger partial charge in [0.1, 0.15) is 13.2 Å². The molecular weight excluding hydrogens is 380 g/mol. The average molecular weight is 399 g/mol. The molecule has 128 valence electrons. The number of aliphatic hydroxyl groups excluding tert-OH is 1. The summed E-state index contributed by atoms with van der Waals surface area (Å²) in [5.41, 5.74) is 2.92. The Hall–Kier alpha value is -2.30. The van der Waals surface area contributed by atoms with Crippen molar-refractivity contribution in [2.75, 3.05) is 0 Å². The summed E-state index contributed by atoms with van der Waals surface area (Å²) in [7, 11) is 0. The van der Waals surface area contributed by atoms with Crippen LogP contribution in [0.1, 0.15) is 16.7 Å². The van der Waals surface area contributed by atoms with Crippen LogP contribution in [0.5, 0.6) is 11.5 Å². The minimum Gasteiger partial charge on any atom is -0.485 e. The summed E-state index contributed by atoms with van der Waals surface area (Å²) in [5.74, 6) is 1.26. The summed E-state index contributed by atoms with van der Waals surface area (Å²) in [4.78, 5) is 0. The molecule has 0 spiro atoms. The number of hydrogen-bond acceptors (Lipinski definition) is 3. The van der Waals surface area contributed by atoms with Crippen LogP contribution in [0, 0.1) is 0 Å². The van der Waals surface area contributed by atoms with E-state index in [1.807, 2.05) is 72.8 Å². The second-order valence-corrected chi connectivity index (χ2v) is 6.45. The Morgan fingerprint density at radius 2 is 1.20 bits per heavy atom. The van der Waals surface area contributed by atoms with E-state index in [1.165, 1.54) is 0 Å². The maximum atomic E-state index is 9.50. The van der Waals surface area contributed by atoms with Gasteiger partial charge in [-0.25, -0.2) is 0 Å². The van der Waals surface area contributed by atoms with Crippen molar-refractivity contribution in [2.24, 2.45) is 0 Å². The molecule has 0 fully saturated rings. The molecular formula is C21H19BrO3. The molecule has 3 aromatic rings. The van der Waals surface area contributed by atoms with E-state index in [0.717, 1.165) is 21.2 Å². The number of hydrogen-bond donors (Lipinski definition) is 1. The lowest BCUT2D eigenvalue weighted by Crippen LogP contribution is -2.02. The van der Waals surface area contributed by atoms with Gasteiger partial charge >= 0.3 is 0 Å². The quantitative estimate of drug-likeness (QED) is 0.601. The Labute approximate surface area is 156 Å². The molecule has 0 aliphatic heterocycles. The van der Waals surface area contributed by atoms with Gasteiger partial charge in [-0.1, -0.05) is 76.6 Å². The van der Waals surface area contributed by atoms with Gasteiger partial charge in [-0.05, 0) is 28.8 Å². The Kier molecular flexibility index (Phi) is 6.09. The third-order valence-electron chi connectivity index (χ3n) is 3.76. The zero-order valence-corrected chi connectivity index (χ0v) is 15.3. The van der Waals surface area contributed by atoms with Crippen molar-refractivity contribution in [3.05, 3.63) is 94.0 Å². The van der Waals surface area contributed by atoms with E-state index < -0.39 is 0 Å². The maximum absolute atomic E-state index is 9.50. The Morgan fingerprint density at radius 1 is 0.720 bits per heavy atom. The van der Waals surface area contributed by atoms with Gasteiger partial charge in [-0.2, -0.15) is 0 Å². The third-order valence-corrected chi connectivity index (χ3v) is 4.50. The third kappa shape index (κ3) is 4.84. The normalized spacial score (nSPS) is 10.5. The largest absolute Gasteiger partial charge is 0.485 e. The SMILES string of the molecule is OCc1cc(OCc2ccccc2)c(OCc2ccccc2)cc1Br. The van der Waals surface area contributed by atoms with Crippen LogP contribution in [0.2, 0.25) is 0 Å². The lowest BCUT2D eigenvalue weighted by atomic mass is 10.2. The molecule has 4 heteroatoms. The lowest BCUT2D eigenvalue weighted by Gasteiger charge is -2.15. The maximum Gasteiger partial charge on any atom is 0.162 e. The fraction of sp³-hybridized carbons (Fsp3) is 0.143. The first-order valence-electron chi connectivity index (χ1n) is 8.03. The minimum absolute atomic E-state index is 0.0682. The van der Waals surface area contributed by atoms with Gasteiger partial charge in [-0.3, -0.25) is 0 Å². The summed E-state index contributed by atoms with van der Waals surface area (Å²) in [5, 5.41) is 9.50. The van der Waals surface area contributed by atoms with Gasteiger partial charge in [0.2, 0.25) is 0 Å². The first-order valence-corrected chi connectivity index (χ1v) is 8.82. The summed E-state index contributed by atoms with van der Waals surface area (Å²) < 4.78 is 12.7. The molecule has 0 saturated carbocycles. The molecule has 0 unspecified atom stereocenters. The topological polar surface area (TPSA) is 38.7 Å². The Morgan fingerprint density at radius 3 is 1.68 bits per heavy atom. The zero-order valence-electron chi connectivity index (χ0n) is 13.7. The predicted molar refractivity (Wildman–Crippen MR) is 102 cm³/mol. The average Bonchev–Trinajstić information content (AvgIpc) is 2.67. The van der Waals surface area contributed by atoms with Crippen molar-refractivity contribution in [1.29, 1.82) is 0 Å². The highest BCUT2D eigenvalue weighted by atomic mass is 79.9. The molecule has 0 aliphatic carbocycles. The van der Waals surface area contributed by atoms with Crippen LogP contribution >= 0.6 is 15.9 Å². The van der Waals surface area contributed by atoms with E-state index in [1.54, 1.807) is 0 Å². The second kappa shape index (κ2) is 8.70. The van der Waals surface area contributed by atoms with E-state index in [-0.39, 0.29) is 6.61 Å². The fourth-order valence-corrected chi connectivity index (χ4v) is 2.84. The molecule has 1 N–H and O–H groups in total. The highest BCUT2D eigenvalue weighted by Gasteiger charge is 2.11. The monoisotopic (exact) mass is 398 g/mol. The van der Waals surface area contributed by atoms with Crippen molar-refractivity contribution in [1.82, 2.24) is 0 Å². The van der Waals surface area contributed by atoms with Crippen molar-refractivity contribution in [2.45, 2.75) is 19.8 Å². The molecule has 0 saturated heterocycles. The molecule has 0 heterocycles. The van der Waals surface area contributed by atoms with E-state index >= 15 is 0 Å². The van der Waals surface area contributed by atoms with Gasteiger partial charge in [0.15, 0.2) is 11.5 Å². The molecule has 0 atom stereocenters. The van der Waals surface area contributed by atoms with Gasteiger partial charge < -0.3 is 14.6 Å². The van der Waals surface area contributed by atoms with Crippen molar-refractivity contribution in [3.8, 4) is 11.5 Å². The smallest absolute Gasteiger partial charge is 0.162 e. The van der Waals surface area contributed by atoms with Crippen molar-refractivity contribution in [3.63, 3.8) is 0 Å². The summed E-state index contributed by atoms with van der Waals surface area (Å²) >= 11 is 3.47. The predicted octanol–water partition coefficient (Wildman–Crippen LogP) is 5.10. The van der Waals surface area contributed by atoms with E-state index in [4.69, 9.17) is 9.47 Å². The highest BCUT2D eigenvalue weighted by molar-refractivity contribution is 9.10. The molecule has 25 heavy (non-hydrogen) atoms. The standard InChI is InChI=1S/C21H19BrO3/c22-19-12-21(25-15-17-9-5-2-6-10-17)20(11-18(19)13-23)24-14-16-7-3-1-4-8-16/h1-12,23H,13-15H2. The summed E-state index contributed by atoms with van der Waals surface area (Å²) in [6, 6.07) is 23.6.